The van der Waals surface area contributed by atoms with Crippen LogP contribution in [-0.4, -0.2) is 32.4 Å². The van der Waals surface area contributed by atoms with Crippen molar-refractivity contribution in [3.8, 4) is 0 Å². The number of amides is 1. The minimum Gasteiger partial charge on any atom is -0.352 e. The van der Waals surface area contributed by atoms with E-state index in [-0.39, 0.29) is 5.91 Å². The zero-order valence-corrected chi connectivity index (χ0v) is 12.4. The van der Waals surface area contributed by atoms with Gasteiger partial charge < -0.3 is 15.6 Å². The minimum atomic E-state index is -0.198. The molecule has 0 aliphatic carbocycles. The van der Waals surface area contributed by atoms with Gasteiger partial charge in [-0.15, -0.1) is 0 Å². The summed E-state index contributed by atoms with van der Waals surface area (Å²) in [6.45, 7) is 0.519. The van der Waals surface area contributed by atoms with Crippen molar-refractivity contribution in [1.29, 1.82) is 0 Å². The summed E-state index contributed by atoms with van der Waals surface area (Å²) in [4.78, 5) is 27.2. The number of benzene rings is 1. The number of aromatic nitrogens is 4. The predicted octanol–water partition coefficient (Wildman–Crippen LogP) is 1.92. The van der Waals surface area contributed by atoms with E-state index in [1.165, 1.54) is 12.4 Å². The van der Waals surface area contributed by atoms with Crippen LogP contribution in [0.15, 0.2) is 55.2 Å². The summed E-state index contributed by atoms with van der Waals surface area (Å²) in [5, 5.41) is 5.89. The molecule has 0 radical (unpaired) electrons. The highest BCUT2D eigenvalue weighted by atomic mass is 16.1. The Bertz CT molecular complexity index is 740. The maximum Gasteiger partial charge on any atom is 0.254 e. The molecule has 0 fully saturated rings. The van der Waals surface area contributed by atoms with Crippen LogP contribution in [-0.2, 0) is 6.42 Å². The van der Waals surface area contributed by atoms with Gasteiger partial charge in [0.25, 0.3) is 5.91 Å². The van der Waals surface area contributed by atoms with Gasteiger partial charge in [-0.25, -0.2) is 15.0 Å². The van der Waals surface area contributed by atoms with Gasteiger partial charge in [-0.2, -0.15) is 0 Å². The fourth-order valence-corrected chi connectivity index (χ4v) is 1.99. The molecular weight excluding hydrogens is 292 g/mol. The van der Waals surface area contributed by atoms with Crippen molar-refractivity contribution in [2.24, 2.45) is 0 Å². The van der Waals surface area contributed by atoms with Crippen LogP contribution in [0, 0.1) is 0 Å². The standard InChI is InChI=1S/C16H16N6O/c23-15(18-7-6-14-10-17-11-21-14)12-8-19-16(20-9-12)22-13-4-2-1-3-5-13/h1-5,8-11H,6-7H2,(H,17,21)(H,18,23)(H,19,20,22). The molecule has 7 heteroatoms. The van der Waals surface area contributed by atoms with Gasteiger partial charge >= 0.3 is 0 Å². The summed E-state index contributed by atoms with van der Waals surface area (Å²) in [6, 6.07) is 9.61. The van der Waals surface area contributed by atoms with E-state index in [1.807, 2.05) is 30.3 Å². The van der Waals surface area contributed by atoms with E-state index in [0.29, 0.717) is 24.5 Å². The maximum absolute atomic E-state index is 12.0. The third kappa shape index (κ3) is 4.13. The molecule has 3 N–H and O–H groups in total. The molecule has 1 amide bonds. The number of para-hydroxylation sites is 1. The van der Waals surface area contributed by atoms with Gasteiger partial charge in [0, 0.05) is 42.9 Å². The van der Waals surface area contributed by atoms with Crippen LogP contribution >= 0.6 is 0 Å². The number of nitrogens with one attached hydrogen (secondary N) is 3. The summed E-state index contributed by atoms with van der Waals surface area (Å²) in [7, 11) is 0. The summed E-state index contributed by atoms with van der Waals surface area (Å²) in [6.07, 6.45) is 7.05. The molecule has 7 nitrogen and oxygen atoms in total. The lowest BCUT2D eigenvalue weighted by Gasteiger charge is -2.06. The molecule has 23 heavy (non-hydrogen) atoms. The monoisotopic (exact) mass is 308 g/mol. The zero-order chi connectivity index (χ0) is 15.9. The number of hydrogen-bond donors (Lipinski definition) is 3. The molecule has 0 saturated heterocycles. The van der Waals surface area contributed by atoms with Gasteiger partial charge in [0.15, 0.2) is 0 Å². The quantitative estimate of drug-likeness (QED) is 0.646. The van der Waals surface area contributed by atoms with E-state index in [4.69, 9.17) is 0 Å². The molecule has 1 aromatic carbocycles. The van der Waals surface area contributed by atoms with Crippen LogP contribution in [0.4, 0.5) is 11.6 Å². The number of carbonyl (C=O) groups is 1. The predicted molar refractivity (Wildman–Crippen MR) is 86.4 cm³/mol. The van der Waals surface area contributed by atoms with E-state index < -0.39 is 0 Å². The summed E-state index contributed by atoms with van der Waals surface area (Å²) in [5.41, 5.74) is 2.29. The van der Waals surface area contributed by atoms with Gasteiger partial charge in [-0.1, -0.05) is 18.2 Å². The third-order valence-corrected chi connectivity index (χ3v) is 3.18. The van der Waals surface area contributed by atoms with Crippen molar-refractivity contribution in [2.45, 2.75) is 6.42 Å². The molecule has 116 valence electrons. The van der Waals surface area contributed by atoms with Crippen LogP contribution in [0.5, 0.6) is 0 Å². The number of hydrogen-bond acceptors (Lipinski definition) is 5. The normalized spacial score (nSPS) is 10.3. The second kappa shape index (κ2) is 7.17. The first kappa shape index (κ1) is 14.7. The van der Waals surface area contributed by atoms with Crippen molar-refractivity contribution < 1.29 is 4.79 Å². The van der Waals surface area contributed by atoms with Crippen molar-refractivity contribution in [2.75, 3.05) is 11.9 Å². The number of aromatic amines is 1. The van der Waals surface area contributed by atoms with Crippen molar-refractivity contribution >= 4 is 17.5 Å². The Morgan fingerprint density at radius 1 is 1.09 bits per heavy atom. The lowest BCUT2D eigenvalue weighted by molar-refractivity contribution is 0.0953. The van der Waals surface area contributed by atoms with Crippen LogP contribution in [0.25, 0.3) is 0 Å². The molecular formula is C16H16N6O. The Morgan fingerprint density at radius 3 is 2.57 bits per heavy atom. The highest BCUT2D eigenvalue weighted by Gasteiger charge is 2.07. The van der Waals surface area contributed by atoms with E-state index in [1.54, 1.807) is 12.5 Å². The number of imidazole rings is 1. The molecule has 2 heterocycles. The third-order valence-electron chi connectivity index (χ3n) is 3.18. The Hall–Kier alpha value is -3.22. The van der Waals surface area contributed by atoms with Gasteiger partial charge in [0.05, 0.1) is 11.9 Å². The van der Waals surface area contributed by atoms with Crippen LogP contribution in [0.1, 0.15) is 16.1 Å². The molecule has 0 aliphatic heterocycles. The van der Waals surface area contributed by atoms with Crippen molar-refractivity contribution in [3.63, 3.8) is 0 Å². The van der Waals surface area contributed by atoms with Gasteiger partial charge in [-0.3, -0.25) is 4.79 Å². The van der Waals surface area contributed by atoms with Gasteiger partial charge in [0.1, 0.15) is 0 Å². The molecule has 3 rings (SSSR count). The Morgan fingerprint density at radius 2 is 1.87 bits per heavy atom. The second-order valence-corrected chi connectivity index (χ2v) is 4.87. The summed E-state index contributed by atoms with van der Waals surface area (Å²) < 4.78 is 0. The molecule has 0 saturated carbocycles. The van der Waals surface area contributed by atoms with E-state index in [9.17, 15) is 4.79 Å². The Balaban J connectivity index is 1.53. The first-order valence-corrected chi connectivity index (χ1v) is 7.21. The van der Waals surface area contributed by atoms with Gasteiger partial charge in [0.2, 0.25) is 5.95 Å². The lowest BCUT2D eigenvalue weighted by atomic mass is 10.3. The van der Waals surface area contributed by atoms with E-state index in [2.05, 4.69) is 30.6 Å². The van der Waals surface area contributed by atoms with Crippen molar-refractivity contribution in [1.82, 2.24) is 25.3 Å². The van der Waals surface area contributed by atoms with E-state index in [0.717, 1.165) is 11.4 Å². The number of H-pyrrole nitrogens is 1. The zero-order valence-electron chi connectivity index (χ0n) is 12.4. The number of carbonyl (C=O) groups excluding carboxylic acids is 1. The van der Waals surface area contributed by atoms with Crippen molar-refractivity contribution in [3.05, 3.63) is 66.5 Å². The highest BCUT2D eigenvalue weighted by Crippen LogP contribution is 2.11. The number of rotatable bonds is 6. The molecule has 0 atom stereocenters. The minimum absolute atomic E-state index is 0.198. The Labute approximate surface area is 133 Å². The lowest BCUT2D eigenvalue weighted by Crippen LogP contribution is -2.26. The summed E-state index contributed by atoms with van der Waals surface area (Å²) >= 11 is 0. The maximum atomic E-state index is 12.0. The smallest absolute Gasteiger partial charge is 0.254 e. The number of anilines is 2. The molecule has 0 bridgehead atoms. The molecule has 3 aromatic rings. The topological polar surface area (TPSA) is 95.6 Å². The summed E-state index contributed by atoms with van der Waals surface area (Å²) in [5.74, 6) is 0.251. The molecule has 0 spiro atoms. The first-order valence-electron chi connectivity index (χ1n) is 7.21. The second-order valence-electron chi connectivity index (χ2n) is 4.87. The first-order chi connectivity index (χ1) is 11.3. The fourth-order valence-electron chi connectivity index (χ4n) is 1.99. The van der Waals surface area contributed by atoms with E-state index >= 15 is 0 Å². The number of nitrogens with zero attached hydrogens (tertiary/aromatic N) is 3. The van der Waals surface area contributed by atoms with Crippen LogP contribution in [0.3, 0.4) is 0 Å². The average Bonchev–Trinajstić information content (AvgIpc) is 3.10. The molecule has 0 aliphatic rings. The molecule has 0 unspecified atom stereocenters. The van der Waals surface area contributed by atoms with Crippen LogP contribution < -0.4 is 10.6 Å². The van der Waals surface area contributed by atoms with Crippen LogP contribution in [0.2, 0.25) is 0 Å². The SMILES string of the molecule is O=C(NCCc1cnc[nH]1)c1cnc(Nc2ccccc2)nc1. The highest BCUT2D eigenvalue weighted by molar-refractivity contribution is 5.93. The van der Waals surface area contributed by atoms with Gasteiger partial charge in [-0.05, 0) is 12.1 Å². The largest absolute Gasteiger partial charge is 0.352 e. The molecule has 2 aromatic heterocycles. The average molecular weight is 308 g/mol. The fraction of sp³-hybridized carbons (Fsp3) is 0.125. The Kier molecular flexibility index (Phi) is 4.58.